The minimum Gasteiger partial charge on any atom is -0.268 e. The van der Waals surface area contributed by atoms with Crippen molar-refractivity contribution in [3.8, 4) is 0 Å². The highest BCUT2D eigenvalue weighted by Crippen LogP contribution is 2.10. The van der Waals surface area contributed by atoms with Crippen molar-refractivity contribution in [2.45, 2.75) is 20.8 Å². The van der Waals surface area contributed by atoms with Gasteiger partial charge in [-0.3, -0.25) is 9.20 Å². The molecule has 0 spiro atoms. The maximum absolute atomic E-state index is 12.5. The van der Waals surface area contributed by atoms with E-state index in [-0.39, 0.29) is 16.3 Å². The fourth-order valence-corrected chi connectivity index (χ4v) is 2.49. The lowest BCUT2D eigenvalue weighted by molar-refractivity contribution is 1.02. The third kappa shape index (κ3) is 3.26. The number of halogens is 1. The van der Waals surface area contributed by atoms with Crippen LogP contribution in [-0.2, 0) is 0 Å². The van der Waals surface area contributed by atoms with E-state index in [1.54, 1.807) is 12.3 Å². The van der Waals surface area contributed by atoms with Gasteiger partial charge in [-0.1, -0.05) is 17.7 Å². The van der Waals surface area contributed by atoms with Crippen molar-refractivity contribution in [3.05, 3.63) is 62.4 Å². The maximum Gasteiger partial charge on any atom is 0.268 e. The average molecular weight is 343 g/mol. The molecule has 0 saturated carbocycles. The molecule has 0 aromatic carbocycles. The first-order chi connectivity index (χ1) is 11.4. The van der Waals surface area contributed by atoms with Crippen molar-refractivity contribution in [3.63, 3.8) is 0 Å². The van der Waals surface area contributed by atoms with Crippen molar-refractivity contribution in [2.24, 2.45) is 5.10 Å². The first-order valence-electron chi connectivity index (χ1n) is 7.24. The van der Waals surface area contributed by atoms with E-state index in [9.17, 15) is 4.79 Å². The summed E-state index contributed by atoms with van der Waals surface area (Å²) >= 11 is 6.11. The zero-order valence-corrected chi connectivity index (χ0v) is 14.2. The Morgan fingerprint density at radius 2 is 1.88 bits per heavy atom. The lowest BCUT2D eigenvalue weighted by atomic mass is 10.3. The van der Waals surface area contributed by atoms with Crippen molar-refractivity contribution in [1.82, 2.24) is 19.4 Å². The van der Waals surface area contributed by atoms with E-state index >= 15 is 0 Å². The Morgan fingerprint density at radius 1 is 1.17 bits per heavy atom. The minimum atomic E-state index is -0.291. The highest BCUT2D eigenvalue weighted by molar-refractivity contribution is 6.32. The van der Waals surface area contributed by atoms with E-state index in [0.29, 0.717) is 11.6 Å². The summed E-state index contributed by atoms with van der Waals surface area (Å²) in [4.78, 5) is 25.2. The normalized spacial score (nSPS) is 11.3. The van der Waals surface area contributed by atoms with Gasteiger partial charge in [-0.05, 0) is 38.5 Å². The minimum absolute atomic E-state index is 0.0933. The van der Waals surface area contributed by atoms with Gasteiger partial charge in [-0.2, -0.15) is 5.10 Å². The molecule has 0 amide bonds. The topological polar surface area (TPSA) is 84.5 Å². The summed E-state index contributed by atoms with van der Waals surface area (Å²) < 4.78 is 1.44. The van der Waals surface area contributed by atoms with E-state index in [2.05, 4.69) is 25.5 Å². The van der Waals surface area contributed by atoms with Gasteiger partial charge in [0.1, 0.15) is 10.8 Å². The second kappa shape index (κ2) is 6.37. The smallest absolute Gasteiger partial charge is 0.268 e. The fourth-order valence-electron chi connectivity index (χ4n) is 2.27. The molecule has 24 heavy (non-hydrogen) atoms. The van der Waals surface area contributed by atoms with Crippen molar-refractivity contribution in [1.29, 1.82) is 0 Å². The molecule has 122 valence electrons. The summed E-state index contributed by atoms with van der Waals surface area (Å²) in [6.07, 6.45) is 3.03. The second-order valence-electron chi connectivity index (χ2n) is 5.40. The summed E-state index contributed by atoms with van der Waals surface area (Å²) in [5.41, 5.74) is 5.67. The van der Waals surface area contributed by atoms with Gasteiger partial charge in [0.15, 0.2) is 0 Å². The molecule has 0 unspecified atom stereocenters. The monoisotopic (exact) mass is 342 g/mol. The van der Waals surface area contributed by atoms with Crippen LogP contribution in [0.3, 0.4) is 0 Å². The standard InChI is InChI=1S/C16H15ClN6O/c1-9-4-5-13-21-14(17)12(15(24)23(13)8-9)7-18-22-16-19-10(2)6-11(3)20-16/h4-8H,1-3H3,(H,19,20,22)/b18-7+. The molecule has 7 nitrogen and oxygen atoms in total. The van der Waals surface area contributed by atoms with Gasteiger partial charge in [0.05, 0.1) is 11.8 Å². The SMILES string of the molecule is Cc1ccc2nc(Cl)c(/C=N/Nc3nc(C)cc(C)n3)c(=O)n2c1. The Balaban J connectivity index is 1.96. The summed E-state index contributed by atoms with van der Waals surface area (Å²) in [5, 5.41) is 4.10. The molecule has 0 saturated heterocycles. The molecule has 1 N–H and O–H groups in total. The molecule has 0 aliphatic rings. The van der Waals surface area contributed by atoms with E-state index in [1.807, 2.05) is 32.9 Å². The van der Waals surface area contributed by atoms with Crippen molar-refractivity contribution in [2.75, 3.05) is 5.43 Å². The van der Waals surface area contributed by atoms with Gasteiger partial charge in [0.25, 0.3) is 5.56 Å². The fraction of sp³-hybridized carbons (Fsp3) is 0.188. The zero-order valence-electron chi connectivity index (χ0n) is 13.4. The number of nitrogens with one attached hydrogen (secondary N) is 1. The van der Waals surface area contributed by atoms with Crippen molar-refractivity contribution >= 4 is 29.4 Å². The number of hydrazone groups is 1. The number of hydrogen-bond acceptors (Lipinski definition) is 6. The van der Waals surface area contributed by atoms with Crippen LogP contribution >= 0.6 is 11.6 Å². The quantitative estimate of drug-likeness (QED) is 0.449. The number of hydrogen-bond donors (Lipinski definition) is 1. The van der Waals surface area contributed by atoms with E-state index in [4.69, 9.17) is 11.6 Å². The summed E-state index contributed by atoms with van der Waals surface area (Å²) in [6.45, 7) is 5.62. The zero-order chi connectivity index (χ0) is 17.3. The largest absolute Gasteiger partial charge is 0.268 e. The third-order valence-electron chi connectivity index (χ3n) is 3.30. The first-order valence-corrected chi connectivity index (χ1v) is 7.62. The lowest BCUT2D eigenvalue weighted by Crippen LogP contribution is -2.20. The van der Waals surface area contributed by atoms with Crippen molar-refractivity contribution < 1.29 is 0 Å². The van der Waals surface area contributed by atoms with Gasteiger partial charge >= 0.3 is 0 Å². The molecule has 3 aromatic heterocycles. The summed E-state index contributed by atoms with van der Waals surface area (Å²) in [6, 6.07) is 5.46. The highest BCUT2D eigenvalue weighted by Gasteiger charge is 2.09. The third-order valence-corrected chi connectivity index (χ3v) is 3.59. The van der Waals surface area contributed by atoms with Crippen LogP contribution in [0.4, 0.5) is 5.95 Å². The van der Waals surface area contributed by atoms with Crippen LogP contribution in [0.1, 0.15) is 22.5 Å². The molecular weight excluding hydrogens is 328 g/mol. The van der Waals surface area contributed by atoms with Gasteiger partial charge in [-0.15, -0.1) is 0 Å². The summed E-state index contributed by atoms with van der Waals surface area (Å²) in [5.74, 6) is 0.351. The highest BCUT2D eigenvalue weighted by atomic mass is 35.5. The van der Waals surface area contributed by atoms with Gasteiger partial charge in [0.2, 0.25) is 5.95 Å². The Kier molecular flexibility index (Phi) is 4.26. The first kappa shape index (κ1) is 16.1. The molecule has 3 rings (SSSR count). The molecule has 8 heteroatoms. The second-order valence-corrected chi connectivity index (χ2v) is 5.76. The van der Waals surface area contributed by atoms with Crippen LogP contribution in [-0.4, -0.2) is 25.6 Å². The number of fused-ring (bicyclic) bond motifs is 1. The molecule has 3 aromatic rings. The maximum atomic E-state index is 12.5. The Hall–Kier alpha value is -2.80. The molecule has 0 aliphatic carbocycles. The average Bonchev–Trinajstić information content (AvgIpc) is 2.50. The molecule has 0 atom stereocenters. The molecule has 0 aliphatic heterocycles. The Morgan fingerprint density at radius 3 is 2.58 bits per heavy atom. The molecule has 0 fully saturated rings. The number of aryl methyl sites for hydroxylation is 3. The van der Waals surface area contributed by atoms with Gasteiger partial charge < -0.3 is 0 Å². The van der Waals surface area contributed by atoms with Crippen LogP contribution in [0, 0.1) is 20.8 Å². The van der Waals surface area contributed by atoms with Crippen LogP contribution < -0.4 is 11.0 Å². The predicted molar refractivity (Wildman–Crippen MR) is 93.9 cm³/mol. The number of rotatable bonds is 3. The number of aromatic nitrogens is 4. The van der Waals surface area contributed by atoms with Crippen LogP contribution in [0.25, 0.3) is 5.65 Å². The van der Waals surface area contributed by atoms with Gasteiger partial charge in [-0.25, -0.2) is 20.4 Å². The van der Waals surface area contributed by atoms with Gasteiger partial charge in [0, 0.05) is 17.6 Å². The van der Waals surface area contributed by atoms with E-state index in [0.717, 1.165) is 17.0 Å². The lowest BCUT2D eigenvalue weighted by Gasteiger charge is -2.05. The summed E-state index contributed by atoms with van der Waals surface area (Å²) in [7, 11) is 0. The van der Waals surface area contributed by atoms with Crippen LogP contribution in [0.2, 0.25) is 5.15 Å². The Bertz CT molecular complexity index is 991. The number of nitrogens with zero attached hydrogens (tertiary/aromatic N) is 5. The molecule has 0 bridgehead atoms. The Labute approximate surface area is 143 Å². The van der Waals surface area contributed by atoms with Crippen LogP contribution in [0.5, 0.6) is 0 Å². The molecular formula is C16H15ClN6O. The number of anilines is 1. The van der Waals surface area contributed by atoms with Crippen LogP contribution in [0.15, 0.2) is 34.3 Å². The number of pyridine rings is 1. The van der Waals surface area contributed by atoms with E-state index in [1.165, 1.54) is 10.6 Å². The molecule has 3 heterocycles. The predicted octanol–water partition coefficient (Wildman–Crippen LogP) is 2.51. The van der Waals surface area contributed by atoms with E-state index < -0.39 is 0 Å². The molecule has 0 radical (unpaired) electrons.